The Morgan fingerprint density at radius 2 is 0.736 bits per heavy atom. The van der Waals surface area contributed by atoms with Crippen LogP contribution < -0.4 is 0 Å². The van der Waals surface area contributed by atoms with Gasteiger partial charge in [0, 0.05) is 19.3 Å². The van der Waals surface area contributed by atoms with Crippen molar-refractivity contribution in [2.75, 3.05) is 26.4 Å². The lowest BCUT2D eigenvalue weighted by Crippen LogP contribution is -2.30. The van der Waals surface area contributed by atoms with Crippen molar-refractivity contribution in [1.82, 2.24) is 0 Å². The molecule has 0 aliphatic carbocycles. The van der Waals surface area contributed by atoms with Gasteiger partial charge >= 0.3 is 25.7 Å². The number of allylic oxidation sites excluding steroid dienone is 12. The monoisotopic (exact) mass is 1030 g/mol. The van der Waals surface area contributed by atoms with Crippen LogP contribution in [0.15, 0.2) is 72.9 Å². The highest BCUT2D eigenvalue weighted by Crippen LogP contribution is 2.43. The van der Waals surface area contributed by atoms with Crippen molar-refractivity contribution in [3.05, 3.63) is 72.9 Å². The normalized spacial score (nSPS) is 13.9. The van der Waals surface area contributed by atoms with E-state index in [1.165, 1.54) is 77.0 Å². The van der Waals surface area contributed by atoms with E-state index in [0.29, 0.717) is 19.3 Å². The molecule has 0 amide bonds. The summed E-state index contributed by atoms with van der Waals surface area (Å²) in [5, 5.41) is 9.82. The minimum absolute atomic E-state index is 0.136. The van der Waals surface area contributed by atoms with Crippen molar-refractivity contribution < 1.29 is 52.2 Å². The molecular weight excluding hydrogens is 928 g/mol. The Bertz CT molecular complexity index is 1490. The van der Waals surface area contributed by atoms with Crippen LogP contribution in [0, 0.1) is 0 Å². The molecule has 0 bridgehead atoms. The quantitative estimate of drug-likeness (QED) is 0.0197. The number of rotatable bonds is 53. The summed E-state index contributed by atoms with van der Waals surface area (Å²) in [7, 11) is -4.76. The van der Waals surface area contributed by atoms with Crippen molar-refractivity contribution in [3.8, 4) is 0 Å². The Hall–Kier alpha value is -3.08. The van der Waals surface area contributed by atoms with Gasteiger partial charge in [0.15, 0.2) is 6.10 Å². The number of ether oxygens (including phenoxy) is 3. The minimum Gasteiger partial charge on any atom is -0.462 e. The number of carbonyl (C=O) groups excluding carboxylic acids is 3. The lowest BCUT2D eigenvalue weighted by atomic mass is 10.1. The minimum atomic E-state index is -4.76. The molecule has 0 radical (unpaired) electrons. The zero-order valence-corrected chi connectivity index (χ0v) is 46.8. The van der Waals surface area contributed by atoms with E-state index < -0.39 is 57.8 Å². The number of hydrogen-bond donors (Lipinski definition) is 2. The van der Waals surface area contributed by atoms with Gasteiger partial charge in [-0.1, -0.05) is 203 Å². The maximum atomic E-state index is 12.9. The molecule has 0 heterocycles. The smallest absolute Gasteiger partial charge is 0.462 e. The fourth-order valence-corrected chi connectivity index (χ4v) is 8.46. The third kappa shape index (κ3) is 51.8. The van der Waals surface area contributed by atoms with E-state index in [9.17, 15) is 28.9 Å². The number of esters is 3. The zero-order valence-electron chi connectivity index (χ0n) is 45.9. The summed E-state index contributed by atoms with van der Waals surface area (Å²) in [5.41, 5.74) is 0. The van der Waals surface area contributed by atoms with Gasteiger partial charge in [0.05, 0.1) is 19.8 Å². The Morgan fingerprint density at radius 3 is 1.17 bits per heavy atom. The number of carbonyl (C=O) groups is 3. The molecule has 0 saturated carbocycles. The molecule has 3 unspecified atom stereocenters. The summed E-state index contributed by atoms with van der Waals surface area (Å²) in [6.07, 6.45) is 60.0. The molecule has 0 aromatic heterocycles. The number of unbranched alkanes of at least 4 members (excludes halogenated alkanes) is 24. The molecule has 72 heavy (non-hydrogen) atoms. The zero-order chi connectivity index (χ0) is 52.7. The highest BCUT2D eigenvalue weighted by atomic mass is 31.2. The highest BCUT2D eigenvalue weighted by molar-refractivity contribution is 7.47. The largest absolute Gasteiger partial charge is 0.472 e. The average Bonchev–Trinajstić information content (AvgIpc) is 3.37. The number of hydrogen-bond acceptors (Lipinski definition) is 10. The van der Waals surface area contributed by atoms with Gasteiger partial charge in [-0.05, 0) is 103 Å². The Labute approximate surface area is 439 Å². The predicted molar refractivity (Wildman–Crippen MR) is 298 cm³/mol. The van der Waals surface area contributed by atoms with Crippen molar-refractivity contribution in [3.63, 3.8) is 0 Å². The lowest BCUT2D eigenvalue weighted by molar-refractivity contribution is -0.161. The van der Waals surface area contributed by atoms with E-state index in [1.54, 1.807) is 0 Å². The van der Waals surface area contributed by atoms with Crippen molar-refractivity contribution in [2.24, 2.45) is 0 Å². The SMILES string of the molecule is CC/C=C\C/C=C\C/C=C\C/C=C\CCCCCCC(=O)OC(COC(=O)CCCCCCC/C=C\CCCC)COP(=O)(O)OCC(CO)OC(=O)CCCCCCCCC/C=C\CCCCCCCC. The van der Waals surface area contributed by atoms with E-state index in [2.05, 4.69) is 93.7 Å². The van der Waals surface area contributed by atoms with E-state index in [-0.39, 0.29) is 25.9 Å². The Morgan fingerprint density at radius 1 is 0.403 bits per heavy atom. The fraction of sp³-hybridized carbons (Fsp3) is 0.750. The summed E-state index contributed by atoms with van der Waals surface area (Å²) in [5.74, 6) is -1.51. The van der Waals surface area contributed by atoms with Gasteiger partial charge in [0.25, 0.3) is 0 Å². The second-order valence-electron chi connectivity index (χ2n) is 19.1. The first kappa shape index (κ1) is 68.9. The topological polar surface area (TPSA) is 155 Å². The van der Waals surface area contributed by atoms with Gasteiger partial charge in [0.2, 0.25) is 0 Å². The molecule has 0 rings (SSSR count). The number of phosphoric acid groups is 1. The van der Waals surface area contributed by atoms with E-state index in [0.717, 1.165) is 116 Å². The van der Waals surface area contributed by atoms with Gasteiger partial charge in [-0.15, -0.1) is 0 Å². The Balaban J connectivity index is 4.71. The van der Waals surface area contributed by atoms with Crippen LogP contribution in [-0.2, 0) is 42.2 Å². The molecule has 0 saturated heterocycles. The first-order valence-corrected chi connectivity index (χ1v) is 30.3. The third-order valence-corrected chi connectivity index (χ3v) is 13.0. The second kappa shape index (κ2) is 54.2. The maximum absolute atomic E-state index is 12.9. The van der Waals surface area contributed by atoms with Crippen LogP contribution in [0.25, 0.3) is 0 Å². The van der Waals surface area contributed by atoms with Crippen LogP contribution in [-0.4, -0.2) is 66.5 Å². The van der Waals surface area contributed by atoms with Gasteiger partial charge < -0.3 is 24.2 Å². The van der Waals surface area contributed by atoms with Crippen molar-refractivity contribution in [2.45, 2.75) is 264 Å². The summed E-state index contributed by atoms with van der Waals surface area (Å²) < 4.78 is 39.5. The van der Waals surface area contributed by atoms with E-state index in [1.807, 2.05) is 0 Å². The van der Waals surface area contributed by atoms with Crippen LogP contribution in [0.3, 0.4) is 0 Å². The van der Waals surface area contributed by atoms with Crippen molar-refractivity contribution in [1.29, 1.82) is 0 Å². The molecule has 11 nitrogen and oxygen atoms in total. The van der Waals surface area contributed by atoms with Gasteiger partial charge in [-0.3, -0.25) is 23.4 Å². The Kier molecular flexibility index (Phi) is 51.9. The number of phosphoric ester groups is 1. The van der Waals surface area contributed by atoms with Crippen LogP contribution in [0.4, 0.5) is 0 Å². The third-order valence-electron chi connectivity index (χ3n) is 12.1. The molecular formula is C60H105O11P. The second-order valence-corrected chi connectivity index (χ2v) is 20.5. The molecule has 0 fully saturated rings. The summed E-state index contributed by atoms with van der Waals surface area (Å²) in [4.78, 5) is 48.5. The van der Waals surface area contributed by atoms with Gasteiger partial charge in [-0.2, -0.15) is 0 Å². The summed E-state index contributed by atoms with van der Waals surface area (Å²) >= 11 is 0. The fourth-order valence-electron chi connectivity index (χ4n) is 7.68. The average molecular weight is 1030 g/mol. The standard InChI is InChI=1S/C60H105O11P/c1-4-7-10-13-16-19-22-24-26-28-30-32-35-38-41-44-47-50-59(63)70-56(52-61)54-68-72(65,66)69-55-57(53-67-58(62)49-46-43-40-37-34-21-18-15-12-9-6-3)71-60(64)51-48-45-42-39-36-33-31-29-27-25-23-20-17-14-11-8-5-2/h8,11,15,17-18,20,24-27,31,33,56-57,61H,4-7,9-10,12-14,16,19,21-23,28-30,32,34-55H2,1-3H3,(H,65,66)/b11-8-,18-15-,20-17-,26-24-,27-25-,33-31-. The van der Waals surface area contributed by atoms with Crippen molar-refractivity contribution >= 4 is 25.7 Å². The van der Waals surface area contributed by atoms with Gasteiger partial charge in [-0.25, -0.2) is 4.57 Å². The summed E-state index contributed by atoms with van der Waals surface area (Å²) in [6.45, 7) is 4.45. The molecule has 0 aromatic carbocycles. The molecule has 0 aromatic rings. The highest BCUT2D eigenvalue weighted by Gasteiger charge is 2.28. The number of aliphatic hydroxyl groups excluding tert-OH is 1. The predicted octanol–water partition coefficient (Wildman–Crippen LogP) is 16.9. The first-order valence-electron chi connectivity index (χ1n) is 28.8. The lowest BCUT2D eigenvalue weighted by Gasteiger charge is -2.21. The van der Waals surface area contributed by atoms with Crippen LogP contribution in [0.1, 0.15) is 252 Å². The van der Waals surface area contributed by atoms with Gasteiger partial charge in [0.1, 0.15) is 12.7 Å². The van der Waals surface area contributed by atoms with Crippen LogP contribution >= 0.6 is 7.82 Å². The van der Waals surface area contributed by atoms with Crippen LogP contribution in [0.5, 0.6) is 0 Å². The van der Waals surface area contributed by atoms with E-state index in [4.69, 9.17) is 23.3 Å². The molecule has 2 N–H and O–H groups in total. The summed E-state index contributed by atoms with van der Waals surface area (Å²) in [6, 6.07) is 0. The first-order chi connectivity index (χ1) is 35.2. The molecule has 416 valence electrons. The molecule has 12 heteroatoms. The maximum Gasteiger partial charge on any atom is 0.472 e. The molecule has 0 aliphatic heterocycles. The van der Waals surface area contributed by atoms with E-state index >= 15 is 0 Å². The molecule has 0 aliphatic rings. The molecule has 3 atom stereocenters. The number of aliphatic hydroxyl groups is 1. The van der Waals surface area contributed by atoms with Crippen LogP contribution in [0.2, 0.25) is 0 Å². The molecule has 0 spiro atoms.